The molecule has 6 nitrogen and oxygen atoms in total. The Hall–Kier alpha value is -1.58. The van der Waals surface area contributed by atoms with Crippen LogP contribution in [0.4, 0.5) is 19.0 Å². The molecule has 3 atom stereocenters. The highest BCUT2D eigenvalue weighted by Crippen LogP contribution is 2.43. The van der Waals surface area contributed by atoms with Gasteiger partial charge in [-0.15, -0.1) is 0 Å². The van der Waals surface area contributed by atoms with Gasteiger partial charge in [-0.3, -0.25) is 4.57 Å². The van der Waals surface area contributed by atoms with Crippen molar-refractivity contribution in [2.75, 3.05) is 12.3 Å². The summed E-state index contributed by atoms with van der Waals surface area (Å²) >= 11 is 5.36. The second-order valence-corrected chi connectivity index (χ2v) is 4.60. The van der Waals surface area contributed by atoms with Crippen LogP contribution in [-0.2, 0) is 4.74 Å². The highest BCUT2D eigenvalue weighted by atomic mass is 35.5. The SMILES string of the molecule is Nc1nc(=O)n(C2OC(CO)C(F)C2(F)F)cc1/C=C\Cl. The van der Waals surface area contributed by atoms with Crippen molar-refractivity contribution in [3.05, 3.63) is 27.8 Å². The number of alkyl halides is 3. The fraction of sp³-hybridized carbons (Fsp3) is 0.455. The Bertz CT molecular complexity index is 622. The first-order chi connectivity index (χ1) is 9.82. The van der Waals surface area contributed by atoms with Crippen molar-refractivity contribution in [1.82, 2.24) is 9.55 Å². The van der Waals surface area contributed by atoms with Gasteiger partial charge in [0.25, 0.3) is 0 Å². The Morgan fingerprint density at radius 2 is 2.29 bits per heavy atom. The number of halogens is 4. The zero-order valence-electron chi connectivity index (χ0n) is 10.4. The van der Waals surface area contributed by atoms with Gasteiger partial charge in [-0.1, -0.05) is 11.6 Å². The third-order valence-electron chi connectivity index (χ3n) is 3.01. The smallest absolute Gasteiger partial charge is 0.351 e. The molecule has 0 bridgehead atoms. The minimum absolute atomic E-state index is 0.0897. The number of ether oxygens (including phenoxy) is 1. The first-order valence-electron chi connectivity index (χ1n) is 5.76. The van der Waals surface area contributed by atoms with E-state index in [1.54, 1.807) is 0 Å². The zero-order valence-corrected chi connectivity index (χ0v) is 11.2. The summed E-state index contributed by atoms with van der Waals surface area (Å²) < 4.78 is 46.4. The summed E-state index contributed by atoms with van der Waals surface area (Å²) in [4.78, 5) is 15.0. The molecule has 2 rings (SSSR count). The summed E-state index contributed by atoms with van der Waals surface area (Å²) in [5.74, 6) is -4.22. The number of rotatable bonds is 3. The Morgan fingerprint density at radius 1 is 1.62 bits per heavy atom. The van der Waals surface area contributed by atoms with Crippen molar-refractivity contribution in [3.63, 3.8) is 0 Å². The molecule has 21 heavy (non-hydrogen) atoms. The number of anilines is 1. The second kappa shape index (κ2) is 5.66. The number of nitrogen functional groups attached to an aromatic ring is 1. The van der Waals surface area contributed by atoms with Crippen molar-refractivity contribution >= 4 is 23.5 Å². The fourth-order valence-electron chi connectivity index (χ4n) is 1.96. The molecule has 0 aliphatic carbocycles. The molecule has 0 saturated carbocycles. The lowest BCUT2D eigenvalue weighted by molar-refractivity contribution is -0.130. The molecule has 1 saturated heterocycles. The second-order valence-electron chi connectivity index (χ2n) is 4.35. The standard InChI is InChI=1S/C11H11ClF3N3O3/c12-2-1-5-3-18(10(20)17-8(5)16)9-11(14,15)7(13)6(4-19)21-9/h1-3,6-7,9,19H,4H2,(H2,16,17,20)/b2-1-. The number of aliphatic hydroxyl groups excluding tert-OH is 1. The van der Waals surface area contributed by atoms with Crippen LogP contribution < -0.4 is 11.4 Å². The van der Waals surface area contributed by atoms with Crippen molar-refractivity contribution in [1.29, 1.82) is 0 Å². The van der Waals surface area contributed by atoms with Gasteiger partial charge < -0.3 is 15.6 Å². The van der Waals surface area contributed by atoms with Gasteiger partial charge in [-0.25, -0.2) is 9.18 Å². The molecule has 1 aliphatic rings. The van der Waals surface area contributed by atoms with Crippen LogP contribution in [0.2, 0.25) is 0 Å². The Kier molecular flexibility index (Phi) is 4.26. The Labute approximate surface area is 121 Å². The number of hydrogen-bond acceptors (Lipinski definition) is 5. The van der Waals surface area contributed by atoms with Crippen LogP contribution in [0.1, 0.15) is 11.8 Å². The van der Waals surface area contributed by atoms with Gasteiger partial charge in [-0.05, 0) is 6.08 Å². The highest BCUT2D eigenvalue weighted by molar-refractivity contribution is 6.27. The lowest BCUT2D eigenvalue weighted by atomic mass is 10.1. The average Bonchev–Trinajstić information content (AvgIpc) is 2.65. The molecule has 1 aromatic rings. The van der Waals surface area contributed by atoms with Gasteiger partial charge in [0.1, 0.15) is 11.9 Å². The first-order valence-corrected chi connectivity index (χ1v) is 6.20. The summed E-state index contributed by atoms with van der Waals surface area (Å²) in [5, 5.41) is 8.84. The normalized spacial score (nSPS) is 28.3. The Morgan fingerprint density at radius 3 is 2.81 bits per heavy atom. The predicted octanol–water partition coefficient (Wildman–Crippen LogP) is 0.898. The lowest BCUT2D eigenvalue weighted by Crippen LogP contribution is -2.40. The van der Waals surface area contributed by atoms with Gasteiger partial charge in [0.05, 0.1) is 6.61 Å². The van der Waals surface area contributed by atoms with Gasteiger partial charge in [0.2, 0.25) is 6.23 Å². The maximum Gasteiger partial charge on any atom is 0.351 e. The molecule has 0 aromatic carbocycles. The molecule has 116 valence electrons. The number of nitrogens with zero attached hydrogens (tertiary/aromatic N) is 2. The zero-order chi connectivity index (χ0) is 15.8. The molecular formula is C11H11ClF3N3O3. The third kappa shape index (κ3) is 2.63. The van der Waals surface area contributed by atoms with Crippen LogP contribution in [0.3, 0.4) is 0 Å². The maximum atomic E-state index is 13.8. The van der Waals surface area contributed by atoms with Crippen molar-refractivity contribution in [3.8, 4) is 0 Å². The lowest BCUT2D eigenvalue weighted by Gasteiger charge is -2.20. The molecule has 1 aromatic heterocycles. The van der Waals surface area contributed by atoms with E-state index in [-0.39, 0.29) is 11.4 Å². The van der Waals surface area contributed by atoms with Crippen molar-refractivity contribution < 1.29 is 23.0 Å². The molecule has 3 unspecified atom stereocenters. The monoisotopic (exact) mass is 325 g/mol. The minimum atomic E-state index is -4.00. The largest absolute Gasteiger partial charge is 0.394 e. The van der Waals surface area contributed by atoms with Crippen LogP contribution in [-0.4, -0.2) is 39.5 Å². The summed E-state index contributed by atoms with van der Waals surface area (Å²) in [6.07, 6.45) is -4.55. The summed E-state index contributed by atoms with van der Waals surface area (Å²) in [7, 11) is 0. The van der Waals surface area contributed by atoms with E-state index < -0.39 is 36.7 Å². The predicted molar refractivity (Wildman–Crippen MR) is 68.6 cm³/mol. The van der Waals surface area contributed by atoms with Crippen LogP contribution in [0.25, 0.3) is 6.08 Å². The van der Waals surface area contributed by atoms with E-state index in [2.05, 4.69) is 4.98 Å². The van der Waals surface area contributed by atoms with Crippen LogP contribution in [0, 0.1) is 0 Å². The molecule has 1 fully saturated rings. The number of hydrogen-bond donors (Lipinski definition) is 2. The van der Waals surface area contributed by atoms with E-state index in [1.807, 2.05) is 0 Å². The topological polar surface area (TPSA) is 90.4 Å². The summed E-state index contributed by atoms with van der Waals surface area (Å²) in [5.41, 5.74) is 5.45. The molecule has 0 radical (unpaired) electrons. The van der Waals surface area contributed by atoms with Gasteiger partial charge in [-0.2, -0.15) is 13.8 Å². The Balaban J connectivity index is 2.51. The van der Waals surface area contributed by atoms with E-state index in [4.69, 9.17) is 27.2 Å². The van der Waals surface area contributed by atoms with Crippen LogP contribution in [0.5, 0.6) is 0 Å². The molecule has 1 aliphatic heterocycles. The molecule has 10 heteroatoms. The number of nitrogens with two attached hydrogens (primary N) is 1. The minimum Gasteiger partial charge on any atom is -0.394 e. The van der Waals surface area contributed by atoms with E-state index in [9.17, 15) is 18.0 Å². The molecule has 0 spiro atoms. The maximum absolute atomic E-state index is 13.8. The summed E-state index contributed by atoms with van der Waals surface area (Å²) in [6.45, 7) is -0.946. The van der Waals surface area contributed by atoms with Gasteiger partial charge in [0.15, 0.2) is 6.17 Å². The fourth-order valence-corrected chi connectivity index (χ4v) is 2.09. The van der Waals surface area contributed by atoms with E-state index >= 15 is 0 Å². The number of aliphatic hydroxyl groups is 1. The highest BCUT2D eigenvalue weighted by Gasteiger charge is 2.60. The summed E-state index contributed by atoms with van der Waals surface area (Å²) in [6, 6.07) is 0. The van der Waals surface area contributed by atoms with Crippen LogP contribution in [0.15, 0.2) is 16.5 Å². The average molecular weight is 326 g/mol. The van der Waals surface area contributed by atoms with Gasteiger partial charge >= 0.3 is 11.6 Å². The van der Waals surface area contributed by atoms with E-state index in [0.717, 1.165) is 11.7 Å². The van der Waals surface area contributed by atoms with E-state index in [1.165, 1.54) is 6.08 Å². The third-order valence-corrected chi connectivity index (χ3v) is 3.14. The van der Waals surface area contributed by atoms with Crippen molar-refractivity contribution in [2.45, 2.75) is 24.4 Å². The first kappa shape index (κ1) is 15.8. The quantitative estimate of drug-likeness (QED) is 0.861. The number of aromatic nitrogens is 2. The van der Waals surface area contributed by atoms with Crippen molar-refractivity contribution in [2.24, 2.45) is 0 Å². The van der Waals surface area contributed by atoms with E-state index in [0.29, 0.717) is 4.57 Å². The molecular weight excluding hydrogens is 315 g/mol. The molecule has 2 heterocycles. The molecule has 3 N–H and O–H groups in total. The van der Waals surface area contributed by atoms with Gasteiger partial charge in [0, 0.05) is 17.3 Å². The van der Waals surface area contributed by atoms with Crippen LogP contribution >= 0.6 is 11.6 Å². The molecule has 0 amide bonds.